The average molecular weight is 316 g/mol. The normalized spacial score (nSPS) is 13.5. The molecule has 1 aliphatic rings. The lowest BCUT2D eigenvalue weighted by atomic mass is 10.2. The summed E-state index contributed by atoms with van der Waals surface area (Å²) >= 11 is 0. The Morgan fingerprint density at radius 3 is 2.62 bits per heavy atom. The number of aryl methyl sites for hydroxylation is 1. The molecule has 0 saturated heterocycles. The first-order valence-corrected chi connectivity index (χ1v) is 7.63. The number of hydrogen-bond acceptors (Lipinski definition) is 5. The summed E-state index contributed by atoms with van der Waals surface area (Å²) < 4.78 is 1.90. The third-order valence-electron chi connectivity index (χ3n) is 3.72. The van der Waals surface area contributed by atoms with Gasteiger partial charge in [0.2, 0.25) is 0 Å². The Morgan fingerprint density at radius 2 is 1.79 bits per heavy atom. The molecular formula is C18H16N6. The number of anilines is 1. The van der Waals surface area contributed by atoms with Gasteiger partial charge in [-0.3, -0.25) is 20.4 Å². The molecule has 0 fully saturated rings. The Morgan fingerprint density at radius 1 is 0.958 bits per heavy atom. The number of nitrogens with one attached hydrogen (secondary N) is 1. The topological polar surface area (TPSA) is 58.9 Å². The molecule has 0 spiro atoms. The largest absolute Gasteiger partial charge is 0.292 e. The van der Waals surface area contributed by atoms with E-state index in [0.717, 1.165) is 28.5 Å². The van der Waals surface area contributed by atoms with Crippen LogP contribution in [0.25, 0.3) is 11.4 Å². The molecule has 6 heteroatoms. The van der Waals surface area contributed by atoms with Crippen LogP contribution in [-0.4, -0.2) is 19.7 Å². The van der Waals surface area contributed by atoms with Crippen LogP contribution in [0.2, 0.25) is 0 Å². The van der Waals surface area contributed by atoms with Crippen LogP contribution < -0.4 is 10.4 Å². The first kappa shape index (κ1) is 14.2. The van der Waals surface area contributed by atoms with Crippen molar-refractivity contribution in [2.75, 3.05) is 5.01 Å². The van der Waals surface area contributed by atoms with Gasteiger partial charge in [0, 0.05) is 30.5 Å². The Bertz CT molecular complexity index is 910. The molecule has 0 unspecified atom stereocenters. The Labute approximate surface area is 139 Å². The zero-order chi connectivity index (χ0) is 16.4. The molecule has 0 aromatic carbocycles. The molecule has 0 amide bonds. The smallest absolute Gasteiger partial charge is 0.0918 e. The molecular weight excluding hydrogens is 300 g/mol. The van der Waals surface area contributed by atoms with E-state index in [1.165, 1.54) is 0 Å². The van der Waals surface area contributed by atoms with Crippen molar-refractivity contribution < 1.29 is 0 Å². The second-order valence-electron chi connectivity index (χ2n) is 5.39. The lowest BCUT2D eigenvalue weighted by Gasteiger charge is -2.26. The van der Waals surface area contributed by atoms with Crippen LogP contribution in [0.4, 0.5) is 5.69 Å². The van der Waals surface area contributed by atoms with E-state index < -0.39 is 0 Å². The van der Waals surface area contributed by atoms with Gasteiger partial charge in [-0.15, -0.1) is 0 Å². The van der Waals surface area contributed by atoms with E-state index in [1.807, 2.05) is 65.3 Å². The fourth-order valence-corrected chi connectivity index (χ4v) is 2.60. The molecule has 3 aromatic heterocycles. The van der Waals surface area contributed by atoms with Crippen LogP contribution in [0.5, 0.6) is 0 Å². The summed E-state index contributed by atoms with van der Waals surface area (Å²) in [6.45, 7) is 1.97. The molecule has 118 valence electrons. The Balaban J connectivity index is 1.67. The van der Waals surface area contributed by atoms with E-state index in [9.17, 15) is 0 Å². The standard InChI is InChI=1S/C18H16N6/c1-14-13-16(6-10-20-14)24-18(7-11-21-24)17-3-2-12-23(22-17)15-4-8-19-9-5-15/h2-13,22H,1H3. The maximum atomic E-state index is 4.46. The van der Waals surface area contributed by atoms with Gasteiger partial charge in [-0.05, 0) is 49.4 Å². The number of nitrogens with zero attached hydrogens (tertiary/aromatic N) is 5. The van der Waals surface area contributed by atoms with Gasteiger partial charge < -0.3 is 0 Å². The van der Waals surface area contributed by atoms with Gasteiger partial charge in [0.05, 0.1) is 29.0 Å². The van der Waals surface area contributed by atoms with Gasteiger partial charge in [-0.25, -0.2) is 4.68 Å². The lowest BCUT2D eigenvalue weighted by Crippen LogP contribution is -2.34. The molecule has 1 aliphatic heterocycles. The van der Waals surface area contributed by atoms with Crippen LogP contribution in [0.3, 0.4) is 0 Å². The molecule has 6 nitrogen and oxygen atoms in total. The highest BCUT2D eigenvalue weighted by atomic mass is 15.5. The maximum Gasteiger partial charge on any atom is 0.0918 e. The van der Waals surface area contributed by atoms with E-state index in [2.05, 4.69) is 20.5 Å². The summed E-state index contributed by atoms with van der Waals surface area (Å²) in [7, 11) is 0. The molecule has 1 N–H and O–H groups in total. The first-order chi connectivity index (χ1) is 11.8. The van der Waals surface area contributed by atoms with Gasteiger partial charge in [0.1, 0.15) is 0 Å². The number of aromatic nitrogens is 4. The van der Waals surface area contributed by atoms with Gasteiger partial charge in [-0.2, -0.15) is 5.10 Å². The molecule has 3 aromatic rings. The molecule has 0 saturated carbocycles. The quantitative estimate of drug-likeness (QED) is 0.805. The second kappa shape index (κ2) is 6.00. The molecule has 0 atom stereocenters. The highest BCUT2D eigenvalue weighted by Gasteiger charge is 2.15. The highest BCUT2D eigenvalue weighted by Crippen LogP contribution is 2.22. The van der Waals surface area contributed by atoms with Crippen LogP contribution >= 0.6 is 0 Å². The SMILES string of the molecule is Cc1cc(-n2nccc2C2=CC=CN(c3ccncc3)N2)ccn1. The zero-order valence-electron chi connectivity index (χ0n) is 13.2. The minimum atomic E-state index is 0.956. The maximum absolute atomic E-state index is 4.46. The van der Waals surface area contributed by atoms with Crippen molar-refractivity contribution in [1.82, 2.24) is 25.2 Å². The number of pyridine rings is 2. The van der Waals surface area contributed by atoms with Gasteiger partial charge in [0.25, 0.3) is 0 Å². The van der Waals surface area contributed by atoms with E-state index >= 15 is 0 Å². The predicted molar refractivity (Wildman–Crippen MR) is 93.1 cm³/mol. The third kappa shape index (κ3) is 2.65. The number of hydrogen-bond donors (Lipinski definition) is 1. The Kier molecular flexibility index (Phi) is 3.55. The summed E-state index contributed by atoms with van der Waals surface area (Å²) in [6, 6.07) is 9.84. The molecule has 24 heavy (non-hydrogen) atoms. The van der Waals surface area contributed by atoms with Crippen LogP contribution in [-0.2, 0) is 0 Å². The third-order valence-corrected chi connectivity index (χ3v) is 3.72. The minimum absolute atomic E-state index is 0.956. The van der Waals surface area contributed by atoms with Crippen molar-refractivity contribution in [3.05, 3.63) is 84.9 Å². The van der Waals surface area contributed by atoms with Crippen LogP contribution in [0.1, 0.15) is 11.4 Å². The molecule has 4 rings (SSSR count). The summed E-state index contributed by atoms with van der Waals surface area (Å²) in [5.74, 6) is 0. The minimum Gasteiger partial charge on any atom is -0.292 e. The zero-order valence-corrected chi connectivity index (χ0v) is 13.2. The van der Waals surface area contributed by atoms with Crippen molar-refractivity contribution in [3.8, 4) is 5.69 Å². The van der Waals surface area contributed by atoms with E-state index in [-0.39, 0.29) is 0 Å². The van der Waals surface area contributed by atoms with E-state index in [1.54, 1.807) is 24.8 Å². The monoisotopic (exact) mass is 316 g/mol. The Hall–Kier alpha value is -3.41. The van der Waals surface area contributed by atoms with Crippen LogP contribution in [0, 0.1) is 6.92 Å². The predicted octanol–water partition coefficient (Wildman–Crippen LogP) is 2.85. The van der Waals surface area contributed by atoms with Gasteiger partial charge in [-0.1, -0.05) is 0 Å². The van der Waals surface area contributed by atoms with Gasteiger partial charge >= 0.3 is 0 Å². The molecule has 0 aliphatic carbocycles. The number of hydrazine groups is 1. The fourth-order valence-electron chi connectivity index (χ4n) is 2.60. The second-order valence-corrected chi connectivity index (χ2v) is 5.39. The summed E-state index contributed by atoms with van der Waals surface area (Å²) in [6.07, 6.45) is 13.1. The van der Waals surface area contributed by atoms with Crippen LogP contribution in [0.15, 0.2) is 73.5 Å². The van der Waals surface area contributed by atoms with Crippen molar-refractivity contribution >= 4 is 11.4 Å². The van der Waals surface area contributed by atoms with E-state index in [4.69, 9.17) is 0 Å². The number of allylic oxidation sites excluding steroid dienone is 2. The summed E-state index contributed by atoms with van der Waals surface area (Å²) in [4.78, 5) is 8.30. The number of rotatable bonds is 3. The van der Waals surface area contributed by atoms with Crippen molar-refractivity contribution in [2.45, 2.75) is 6.92 Å². The molecule has 0 bridgehead atoms. The summed E-state index contributed by atoms with van der Waals surface area (Å²) in [5, 5.41) is 6.41. The van der Waals surface area contributed by atoms with Gasteiger partial charge in [0.15, 0.2) is 0 Å². The lowest BCUT2D eigenvalue weighted by molar-refractivity contribution is 0.824. The van der Waals surface area contributed by atoms with Crippen molar-refractivity contribution in [2.24, 2.45) is 0 Å². The molecule has 4 heterocycles. The van der Waals surface area contributed by atoms with Crippen molar-refractivity contribution in [1.29, 1.82) is 0 Å². The average Bonchev–Trinajstić information content (AvgIpc) is 3.12. The summed E-state index contributed by atoms with van der Waals surface area (Å²) in [5.41, 5.74) is 8.29. The van der Waals surface area contributed by atoms with E-state index in [0.29, 0.717) is 0 Å². The molecule has 0 radical (unpaired) electrons. The highest BCUT2D eigenvalue weighted by molar-refractivity contribution is 5.69. The fraction of sp³-hybridized carbons (Fsp3) is 0.0556. The van der Waals surface area contributed by atoms with Crippen molar-refractivity contribution in [3.63, 3.8) is 0 Å². The first-order valence-electron chi connectivity index (χ1n) is 7.63.